The van der Waals surface area contributed by atoms with Crippen molar-refractivity contribution in [1.82, 2.24) is 4.31 Å². The molecule has 3 rings (SSSR count). The molecule has 1 aliphatic heterocycles. The van der Waals surface area contributed by atoms with E-state index in [0.29, 0.717) is 12.1 Å². The van der Waals surface area contributed by atoms with Gasteiger partial charge in [0.2, 0.25) is 15.9 Å². The Balaban J connectivity index is 1.70. The van der Waals surface area contributed by atoms with Crippen molar-refractivity contribution in [2.45, 2.75) is 30.2 Å². The lowest BCUT2D eigenvalue weighted by Gasteiger charge is -2.24. The van der Waals surface area contributed by atoms with Gasteiger partial charge in [0.05, 0.1) is 0 Å². The number of hydrogen-bond acceptors (Lipinski definition) is 6. The first kappa shape index (κ1) is 24.3. The van der Waals surface area contributed by atoms with Crippen LogP contribution in [0.5, 0.6) is 0 Å². The SMILES string of the molecule is NC(=O)CCN(C(=O)COC(=O)[C@H]1CCCN1S(=O)(=O)c1ccccc1F)c1ccccc1. The van der Waals surface area contributed by atoms with Crippen molar-refractivity contribution in [1.29, 1.82) is 0 Å². The molecule has 33 heavy (non-hydrogen) atoms. The summed E-state index contributed by atoms with van der Waals surface area (Å²) in [5.41, 5.74) is 5.68. The monoisotopic (exact) mass is 477 g/mol. The second-order valence-corrected chi connectivity index (χ2v) is 9.27. The van der Waals surface area contributed by atoms with Crippen LogP contribution in [0.25, 0.3) is 0 Å². The number of carbonyl (C=O) groups is 3. The highest BCUT2D eigenvalue weighted by molar-refractivity contribution is 7.89. The van der Waals surface area contributed by atoms with Gasteiger partial charge in [-0.2, -0.15) is 4.31 Å². The number of anilines is 1. The molecule has 1 aliphatic rings. The van der Waals surface area contributed by atoms with Gasteiger partial charge < -0.3 is 15.4 Å². The maximum Gasteiger partial charge on any atom is 0.324 e. The molecule has 176 valence electrons. The van der Waals surface area contributed by atoms with E-state index >= 15 is 0 Å². The third-order valence-electron chi connectivity index (χ3n) is 5.19. The first-order chi connectivity index (χ1) is 15.7. The minimum Gasteiger partial charge on any atom is -0.454 e. The molecule has 9 nitrogen and oxygen atoms in total. The van der Waals surface area contributed by atoms with Crippen LogP contribution in [-0.2, 0) is 29.1 Å². The maximum absolute atomic E-state index is 14.1. The van der Waals surface area contributed by atoms with Crippen molar-refractivity contribution in [3.63, 3.8) is 0 Å². The van der Waals surface area contributed by atoms with Gasteiger partial charge in [-0.05, 0) is 37.1 Å². The van der Waals surface area contributed by atoms with Crippen LogP contribution in [0.4, 0.5) is 10.1 Å². The average Bonchev–Trinajstić information content (AvgIpc) is 3.29. The molecule has 1 atom stereocenters. The van der Waals surface area contributed by atoms with Gasteiger partial charge in [0.1, 0.15) is 16.8 Å². The zero-order valence-electron chi connectivity index (χ0n) is 17.7. The van der Waals surface area contributed by atoms with Crippen molar-refractivity contribution >= 4 is 33.5 Å². The van der Waals surface area contributed by atoms with E-state index in [1.807, 2.05) is 0 Å². The number of esters is 1. The number of amides is 2. The third kappa shape index (κ3) is 5.74. The van der Waals surface area contributed by atoms with Gasteiger partial charge in [0.15, 0.2) is 6.61 Å². The van der Waals surface area contributed by atoms with Crippen LogP contribution in [-0.4, -0.2) is 56.2 Å². The van der Waals surface area contributed by atoms with Crippen LogP contribution in [0, 0.1) is 5.82 Å². The number of primary amides is 1. The van der Waals surface area contributed by atoms with Crippen LogP contribution in [0.3, 0.4) is 0 Å². The molecule has 1 heterocycles. The molecule has 0 radical (unpaired) electrons. The molecule has 11 heteroatoms. The normalized spacial score (nSPS) is 16.3. The molecule has 2 amide bonds. The number of sulfonamides is 1. The van der Waals surface area contributed by atoms with Gasteiger partial charge >= 0.3 is 5.97 Å². The smallest absolute Gasteiger partial charge is 0.324 e. The van der Waals surface area contributed by atoms with E-state index in [-0.39, 0.29) is 25.9 Å². The fourth-order valence-electron chi connectivity index (χ4n) is 3.58. The fourth-order valence-corrected chi connectivity index (χ4v) is 5.29. The first-order valence-electron chi connectivity index (χ1n) is 10.3. The highest BCUT2D eigenvalue weighted by atomic mass is 32.2. The molecule has 1 saturated heterocycles. The van der Waals surface area contributed by atoms with Crippen molar-refractivity contribution in [3.8, 4) is 0 Å². The molecule has 2 N–H and O–H groups in total. The van der Waals surface area contributed by atoms with Crippen molar-refractivity contribution < 1.29 is 31.9 Å². The Bertz CT molecular complexity index is 1130. The number of carbonyl (C=O) groups excluding carboxylic acids is 3. The summed E-state index contributed by atoms with van der Waals surface area (Å²) in [5.74, 6) is -3.01. The summed E-state index contributed by atoms with van der Waals surface area (Å²) >= 11 is 0. The van der Waals surface area contributed by atoms with Gasteiger partial charge in [-0.1, -0.05) is 30.3 Å². The van der Waals surface area contributed by atoms with Crippen molar-refractivity contribution in [2.24, 2.45) is 5.73 Å². The maximum atomic E-state index is 14.1. The van der Waals surface area contributed by atoms with Crippen LogP contribution in [0.2, 0.25) is 0 Å². The Morgan fingerprint density at radius 1 is 1.09 bits per heavy atom. The molecule has 2 aromatic rings. The molecule has 0 bridgehead atoms. The van der Waals surface area contributed by atoms with Gasteiger partial charge in [0, 0.05) is 25.2 Å². The Morgan fingerprint density at radius 2 is 1.76 bits per heavy atom. The molecular weight excluding hydrogens is 453 g/mol. The molecular formula is C22H24FN3O6S. The summed E-state index contributed by atoms with van der Waals surface area (Å²) in [6, 6.07) is 12.2. The largest absolute Gasteiger partial charge is 0.454 e. The lowest BCUT2D eigenvalue weighted by molar-refractivity contribution is -0.151. The predicted octanol–water partition coefficient (Wildman–Crippen LogP) is 1.43. The summed E-state index contributed by atoms with van der Waals surface area (Å²) < 4.78 is 46.0. The number of para-hydroxylation sites is 1. The minimum absolute atomic E-state index is 0.00700. The summed E-state index contributed by atoms with van der Waals surface area (Å²) in [6.45, 7) is -0.636. The molecule has 0 aliphatic carbocycles. The van der Waals surface area contributed by atoms with Crippen molar-refractivity contribution in [3.05, 3.63) is 60.4 Å². The predicted molar refractivity (Wildman–Crippen MR) is 117 cm³/mol. The van der Waals surface area contributed by atoms with E-state index in [4.69, 9.17) is 10.5 Å². The number of halogens is 1. The quantitative estimate of drug-likeness (QED) is 0.545. The lowest BCUT2D eigenvalue weighted by Crippen LogP contribution is -2.43. The van der Waals surface area contributed by atoms with E-state index in [0.717, 1.165) is 16.4 Å². The summed E-state index contributed by atoms with van der Waals surface area (Å²) in [5, 5.41) is 0. The average molecular weight is 478 g/mol. The number of nitrogens with two attached hydrogens (primary N) is 1. The third-order valence-corrected chi connectivity index (χ3v) is 7.13. The molecule has 0 unspecified atom stereocenters. The van der Waals surface area contributed by atoms with Gasteiger partial charge in [-0.15, -0.1) is 0 Å². The van der Waals surface area contributed by atoms with E-state index in [2.05, 4.69) is 0 Å². The molecule has 0 aromatic heterocycles. The highest BCUT2D eigenvalue weighted by Crippen LogP contribution is 2.28. The van der Waals surface area contributed by atoms with Crippen LogP contribution in [0.1, 0.15) is 19.3 Å². The van der Waals surface area contributed by atoms with E-state index in [1.54, 1.807) is 30.3 Å². The molecule has 1 fully saturated rings. The van der Waals surface area contributed by atoms with Gasteiger partial charge in [0.25, 0.3) is 5.91 Å². The van der Waals surface area contributed by atoms with Crippen molar-refractivity contribution in [2.75, 3.05) is 24.6 Å². The highest BCUT2D eigenvalue weighted by Gasteiger charge is 2.41. The fraction of sp³-hybridized carbons (Fsp3) is 0.318. The number of hydrogen-bond donors (Lipinski definition) is 1. The second kappa shape index (κ2) is 10.5. The zero-order chi connectivity index (χ0) is 24.0. The van der Waals surface area contributed by atoms with Crippen LogP contribution < -0.4 is 10.6 Å². The van der Waals surface area contributed by atoms with E-state index < -0.39 is 51.2 Å². The van der Waals surface area contributed by atoms with E-state index in [1.165, 1.54) is 17.0 Å². The zero-order valence-corrected chi connectivity index (χ0v) is 18.5. The topological polar surface area (TPSA) is 127 Å². The number of nitrogens with zero attached hydrogens (tertiary/aromatic N) is 2. The summed E-state index contributed by atoms with van der Waals surface area (Å²) in [4.78, 5) is 37.3. The molecule has 0 saturated carbocycles. The second-order valence-electron chi connectivity index (χ2n) is 7.41. The Kier molecular flexibility index (Phi) is 7.77. The number of rotatable bonds is 9. The van der Waals surface area contributed by atoms with Crippen LogP contribution >= 0.6 is 0 Å². The van der Waals surface area contributed by atoms with Gasteiger partial charge in [-0.25, -0.2) is 12.8 Å². The number of benzene rings is 2. The summed E-state index contributed by atoms with van der Waals surface area (Å²) in [7, 11) is -4.27. The van der Waals surface area contributed by atoms with Gasteiger partial charge in [-0.3, -0.25) is 14.4 Å². The molecule has 0 spiro atoms. The minimum atomic E-state index is -4.27. The lowest BCUT2D eigenvalue weighted by atomic mass is 10.2. The first-order valence-corrected chi connectivity index (χ1v) is 11.7. The van der Waals surface area contributed by atoms with E-state index in [9.17, 15) is 27.2 Å². The Labute approximate surface area is 191 Å². The number of ether oxygens (including phenoxy) is 1. The Morgan fingerprint density at radius 3 is 2.42 bits per heavy atom. The standard InChI is InChI=1S/C22H24FN3O6S/c23-17-9-4-5-11-19(17)33(30,31)26-13-6-10-18(26)22(29)32-15-21(28)25(14-12-20(24)27)16-7-2-1-3-8-16/h1-5,7-9,11,18H,6,10,12-15H2,(H2,24,27)/t18-/m1/s1. The Hall–Kier alpha value is -3.31. The van der Waals surface area contributed by atoms with Crippen LogP contribution in [0.15, 0.2) is 59.5 Å². The summed E-state index contributed by atoms with van der Waals surface area (Å²) in [6.07, 6.45) is 0.479. The molecule has 2 aromatic carbocycles.